The minimum absolute atomic E-state index is 0.138. The Bertz CT molecular complexity index is 760. The molecule has 2 unspecified atom stereocenters. The Kier molecular flexibility index (Phi) is 40.6. The van der Waals surface area contributed by atoms with Crippen LogP contribution in [0.5, 0.6) is 0 Å². The van der Waals surface area contributed by atoms with E-state index in [1.54, 1.807) is 0 Å². The number of unbranched alkanes of at least 4 members (excludes halogenated alkanes) is 34. The summed E-state index contributed by atoms with van der Waals surface area (Å²) < 4.78 is 0. The van der Waals surface area contributed by atoms with Crippen molar-refractivity contribution in [2.24, 2.45) is 0 Å². The maximum Gasteiger partial charge on any atom is 0.119 e. The highest BCUT2D eigenvalue weighted by atomic mass is 16.4. The minimum atomic E-state index is -1.96. The van der Waals surface area contributed by atoms with Crippen LogP contribution in [-0.2, 0) is 0 Å². The molecule has 6 N–H and O–H groups in total. The summed E-state index contributed by atoms with van der Waals surface area (Å²) >= 11 is 0. The highest BCUT2D eigenvalue weighted by Gasteiger charge is 2.53. The molecule has 0 aromatic rings. The molecule has 6 nitrogen and oxygen atoms in total. The molecule has 0 saturated carbocycles. The fraction of sp³-hybridized carbons (Fsp3) is 1.00. The van der Waals surface area contributed by atoms with Gasteiger partial charge in [-0.25, -0.2) is 0 Å². The Hall–Kier alpha value is -0.240. The average molecular weight is 827 g/mol. The summed E-state index contributed by atoms with van der Waals surface area (Å²) in [5.41, 5.74) is -3.92. The monoisotopic (exact) mass is 827 g/mol. The normalized spacial score (nSPS) is 16.2. The van der Waals surface area contributed by atoms with Crippen molar-refractivity contribution in [3.05, 3.63) is 0 Å². The zero-order valence-electron chi connectivity index (χ0n) is 39.7. The molecule has 0 aromatic carbocycles. The van der Waals surface area contributed by atoms with E-state index >= 15 is 0 Å². The fourth-order valence-electron chi connectivity index (χ4n) is 9.16. The van der Waals surface area contributed by atoms with Crippen LogP contribution in [0.15, 0.2) is 0 Å². The van der Waals surface area contributed by atoms with Gasteiger partial charge in [0, 0.05) is 0 Å². The summed E-state index contributed by atoms with van der Waals surface area (Å²) in [4.78, 5) is 0. The first-order valence-electron chi connectivity index (χ1n) is 26.3. The quantitative estimate of drug-likeness (QED) is 0.0340. The van der Waals surface area contributed by atoms with E-state index < -0.39 is 35.6 Å². The number of aliphatic hydroxyl groups excluding tert-OH is 4. The lowest BCUT2D eigenvalue weighted by Crippen LogP contribution is -2.65. The Morgan fingerprint density at radius 1 is 0.259 bits per heavy atom. The summed E-state index contributed by atoms with van der Waals surface area (Å²) in [5.74, 6) is 0. The average Bonchev–Trinajstić information content (AvgIpc) is 3.22. The van der Waals surface area contributed by atoms with E-state index in [0.717, 1.165) is 64.2 Å². The van der Waals surface area contributed by atoms with Crippen LogP contribution in [-0.4, -0.2) is 66.3 Å². The zero-order chi connectivity index (χ0) is 43.0. The van der Waals surface area contributed by atoms with Gasteiger partial charge in [-0.05, 0) is 25.7 Å². The highest BCUT2D eigenvalue weighted by Crippen LogP contribution is 2.36. The number of aliphatic hydroxyl groups is 6. The number of rotatable bonds is 47. The Morgan fingerprint density at radius 2 is 0.431 bits per heavy atom. The second-order valence-electron chi connectivity index (χ2n) is 19.0. The molecule has 0 bridgehead atoms. The first-order chi connectivity index (χ1) is 28.1. The summed E-state index contributed by atoms with van der Waals surface area (Å²) in [6.07, 6.45) is 40.0. The molecular formula is C52H106O6. The summed E-state index contributed by atoms with van der Waals surface area (Å²) in [5, 5.41) is 70.1. The first-order valence-corrected chi connectivity index (χ1v) is 26.3. The molecule has 0 heterocycles. The summed E-state index contributed by atoms with van der Waals surface area (Å²) in [6, 6.07) is 0. The van der Waals surface area contributed by atoms with Gasteiger partial charge in [0.2, 0.25) is 0 Å². The van der Waals surface area contributed by atoms with Crippen LogP contribution < -0.4 is 0 Å². The predicted octanol–water partition coefficient (Wildman–Crippen LogP) is 14.4. The van der Waals surface area contributed by atoms with Gasteiger partial charge >= 0.3 is 0 Å². The third-order valence-electron chi connectivity index (χ3n) is 13.5. The van der Waals surface area contributed by atoms with E-state index in [1.807, 2.05) is 0 Å². The molecule has 0 aromatic heterocycles. The van der Waals surface area contributed by atoms with Gasteiger partial charge in [0.25, 0.3) is 0 Å². The van der Waals surface area contributed by atoms with Crippen molar-refractivity contribution in [3.8, 4) is 0 Å². The van der Waals surface area contributed by atoms with Crippen molar-refractivity contribution in [2.45, 2.75) is 333 Å². The lowest BCUT2D eigenvalue weighted by molar-refractivity contribution is -0.238. The van der Waals surface area contributed by atoms with E-state index in [-0.39, 0.29) is 12.8 Å². The molecule has 0 saturated heterocycles. The standard InChI is InChI=1S/C52H106O6/c1-5-9-13-15-17-19-21-23-25-27-29-31-33-35-37-39-43-47(53)51(57,45-41-11-7-3)49(55)50(56)52(58,46-42-12-8-4)48(54)44-40-38-36-34-32-30-28-26-24-22-20-18-16-14-10-6-2/h47-50,53-58H,5-46H2,1-4H3/t47?,48?,49-,50-,51+,52+/m0/s1. The molecule has 0 aliphatic heterocycles. The van der Waals surface area contributed by atoms with Crippen molar-refractivity contribution < 1.29 is 30.6 Å². The van der Waals surface area contributed by atoms with Crippen LogP contribution in [0.3, 0.4) is 0 Å². The van der Waals surface area contributed by atoms with Gasteiger partial charge < -0.3 is 30.6 Å². The summed E-state index contributed by atoms with van der Waals surface area (Å²) in [7, 11) is 0. The lowest BCUT2D eigenvalue weighted by Gasteiger charge is -2.46. The number of hydrogen-bond donors (Lipinski definition) is 6. The molecule has 0 aliphatic carbocycles. The van der Waals surface area contributed by atoms with Crippen LogP contribution >= 0.6 is 0 Å². The van der Waals surface area contributed by atoms with Crippen molar-refractivity contribution in [2.75, 3.05) is 0 Å². The number of hydrogen-bond acceptors (Lipinski definition) is 6. The van der Waals surface area contributed by atoms with E-state index in [2.05, 4.69) is 27.7 Å². The molecule has 0 aliphatic rings. The second kappa shape index (κ2) is 40.8. The van der Waals surface area contributed by atoms with E-state index in [1.165, 1.54) is 167 Å². The SMILES string of the molecule is CCCCCCCCCCCCCCCCCCC(O)[C@](O)(CCCCC)[C@@H](O)[C@H](O)[C@@](O)(CCCCC)C(O)CCCCCCCCCCCCCCCCCC. The second-order valence-corrected chi connectivity index (χ2v) is 19.0. The van der Waals surface area contributed by atoms with Gasteiger partial charge in [0.05, 0.1) is 12.2 Å². The molecule has 0 fully saturated rings. The maximum absolute atomic E-state index is 12.0. The Balaban J connectivity index is 4.78. The van der Waals surface area contributed by atoms with Gasteiger partial charge in [0.15, 0.2) is 0 Å². The first kappa shape index (κ1) is 57.8. The predicted molar refractivity (Wildman–Crippen MR) is 251 cm³/mol. The topological polar surface area (TPSA) is 121 Å². The van der Waals surface area contributed by atoms with Crippen molar-refractivity contribution in [1.29, 1.82) is 0 Å². The highest BCUT2D eigenvalue weighted by molar-refractivity contribution is 5.05. The largest absolute Gasteiger partial charge is 0.390 e. The van der Waals surface area contributed by atoms with E-state index in [9.17, 15) is 30.6 Å². The molecule has 58 heavy (non-hydrogen) atoms. The van der Waals surface area contributed by atoms with Crippen LogP contribution in [0.25, 0.3) is 0 Å². The van der Waals surface area contributed by atoms with Gasteiger partial charge in [-0.15, -0.1) is 0 Å². The van der Waals surface area contributed by atoms with Crippen molar-refractivity contribution >= 4 is 0 Å². The van der Waals surface area contributed by atoms with E-state index in [0.29, 0.717) is 25.7 Å². The van der Waals surface area contributed by atoms with Gasteiger partial charge in [-0.3, -0.25) is 0 Å². The van der Waals surface area contributed by atoms with Crippen LogP contribution in [0.1, 0.15) is 297 Å². The molecule has 0 amide bonds. The lowest BCUT2D eigenvalue weighted by atomic mass is 9.73. The third-order valence-corrected chi connectivity index (χ3v) is 13.5. The van der Waals surface area contributed by atoms with Crippen LogP contribution in [0.4, 0.5) is 0 Å². The van der Waals surface area contributed by atoms with E-state index in [4.69, 9.17) is 0 Å². The Labute approximate surface area is 362 Å². The maximum atomic E-state index is 12.0. The molecular weight excluding hydrogens is 721 g/mol. The van der Waals surface area contributed by atoms with Crippen LogP contribution in [0, 0.1) is 0 Å². The molecule has 6 atom stereocenters. The van der Waals surface area contributed by atoms with Crippen LogP contribution in [0.2, 0.25) is 0 Å². The third kappa shape index (κ3) is 29.1. The Morgan fingerprint density at radius 3 is 0.638 bits per heavy atom. The molecule has 0 spiro atoms. The van der Waals surface area contributed by atoms with Crippen molar-refractivity contribution in [1.82, 2.24) is 0 Å². The molecule has 0 rings (SSSR count). The van der Waals surface area contributed by atoms with Gasteiger partial charge in [0.1, 0.15) is 23.4 Å². The minimum Gasteiger partial charge on any atom is -0.390 e. The van der Waals surface area contributed by atoms with Crippen molar-refractivity contribution in [3.63, 3.8) is 0 Å². The zero-order valence-corrected chi connectivity index (χ0v) is 39.7. The smallest absolute Gasteiger partial charge is 0.119 e. The fourth-order valence-corrected chi connectivity index (χ4v) is 9.16. The van der Waals surface area contributed by atoms with Gasteiger partial charge in [-0.1, -0.05) is 272 Å². The molecule has 6 heteroatoms. The summed E-state index contributed by atoms with van der Waals surface area (Å²) in [6.45, 7) is 8.68. The van der Waals surface area contributed by atoms with Gasteiger partial charge in [-0.2, -0.15) is 0 Å². The molecule has 350 valence electrons. The molecule has 0 radical (unpaired) electrons.